The van der Waals surface area contributed by atoms with Gasteiger partial charge >= 0.3 is 0 Å². The molecule has 2 aromatic carbocycles. The quantitative estimate of drug-likeness (QED) is 0.356. The summed E-state index contributed by atoms with van der Waals surface area (Å²) in [6.45, 7) is 24.2. The summed E-state index contributed by atoms with van der Waals surface area (Å²) in [4.78, 5) is 0. The summed E-state index contributed by atoms with van der Waals surface area (Å²) in [5.74, 6) is 3.05. The van der Waals surface area contributed by atoms with E-state index in [1.54, 1.807) is 11.1 Å². The van der Waals surface area contributed by atoms with Crippen molar-refractivity contribution >= 4 is 0 Å². The predicted octanol–water partition coefficient (Wildman–Crippen LogP) is 10.8. The molecule has 0 saturated heterocycles. The van der Waals surface area contributed by atoms with Gasteiger partial charge in [0.2, 0.25) is 0 Å². The normalized spacial score (nSPS) is 23.6. The van der Waals surface area contributed by atoms with Gasteiger partial charge in [0, 0.05) is 5.41 Å². The molecule has 0 radical (unpaired) electrons. The first kappa shape index (κ1) is 27.5. The molecule has 0 heterocycles. The zero-order valence-electron chi connectivity index (χ0n) is 25.2. The topological polar surface area (TPSA) is 0 Å². The van der Waals surface area contributed by atoms with Crippen LogP contribution in [0.15, 0.2) is 36.4 Å². The Labute approximate surface area is 223 Å². The van der Waals surface area contributed by atoms with Gasteiger partial charge < -0.3 is 0 Å². The van der Waals surface area contributed by atoms with Crippen molar-refractivity contribution in [2.24, 2.45) is 23.7 Å². The molecule has 0 amide bonds. The van der Waals surface area contributed by atoms with Crippen molar-refractivity contribution in [2.45, 2.75) is 130 Å². The van der Waals surface area contributed by atoms with Crippen molar-refractivity contribution in [3.8, 4) is 11.1 Å². The largest absolute Gasteiger partial charge is 0.0654 e. The van der Waals surface area contributed by atoms with Crippen LogP contribution in [0.25, 0.3) is 11.1 Å². The summed E-state index contributed by atoms with van der Waals surface area (Å²) >= 11 is 0. The van der Waals surface area contributed by atoms with Crippen molar-refractivity contribution in [3.63, 3.8) is 0 Å². The fourth-order valence-corrected chi connectivity index (χ4v) is 7.65. The molecule has 0 aliphatic heterocycles. The third kappa shape index (κ3) is 4.83. The maximum Gasteiger partial charge on any atom is 0.0246 e. The van der Waals surface area contributed by atoms with Crippen LogP contribution >= 0.6 is 0 Å². The Balaban J connectivity index is 2.05. The zero-order chi connectivity index (χ0) is 26.5. The van der Waals surface area contributed by atoms with Gasteiger partial charge in [-0.1, -0.05) is 131 Å². The van der Waals surface area contributed by atoms with Crippen LogP contribution in [0.2, 0.25) is 0 Å². The Morgan fingerprint density at radius 1 is 0.806 bits per heavy atom. The van der Waals surface area contributed by atoms with Gasteiger partial charge in [-0.2, -0.15) is 0 Å². The summed E-state index contributed by atoms with van der Waals surface area (Å²) in [6.07, 6.45) is 9.39. The molecule has 4 rings (SSSR count). The highest BCUT2D eigenvalue weighted by Gasteiger charge is 2.52. The number of fused-ring (bicyclic) bond motifs is 3. The molecule has 2 aliphatic rings. The molecule has 3 unspecified atom stereocenters. The van der Waals surface area contributed by atoms with E-state index in [4.69, 9.17) is 0 Å². The van der Waals surface area contributed by atoms with Crippen molar-refractivity contribution in [2.75, 3.05) is 0 Å². The lowest BCUT2D eigenvalue weighted by molar-refractivity contribution is 0.0825. The first-order valence-corrected chi connectivity index (χ1v) is 15.1. The van der Waals surface area contributed by atoms with Gasteiger partial charge in [0.15, 0.2) is 0 Å². The van der Waals surface area contributed by atoms with Crippen LogP contribution in [-0.4, -0.2) is 0 Å². The van der Waals surface area contributed by atoms with E-state index < -0.39 is 0 Å². The molecule has 0 bridgehead atoms. The predicted molar refractivity (Wildman–Crippen MR) is 159 cm³/mol. The minimum Gasteiger partial charge on any atom is -0.0654 e. The second kappa shape index (κ2) is 9.96. The van der Waals surface area contributed by atoms with Gasteiger partial charge in [0.1, 0.15) is 0 Å². The lowest BCUT2D eigenvalue weighted by Crippen LogP contribution is -2.44. The van der Waals surface area contributed by atoms with Crippen LogP contribution in [0.3, 0.4) is 0 Å². The molecule has 0 aromatic heterocycles. The highest BCUT2D eigenvalue weighted by Crippen LogP contribution is 2.61. The van der Waals surface area contributed by atoms with E-state index in [1.165, 1.54) is 67.2 Å². The van der Waals surface area contributed by atoms with E-state index in [1.807, 2.05) is 0 Å². The summed E-state index contributed by atoms with van der Waals surface area (Å²) in [7, 11) is 0. The molecule has 1 fully saturated rings. The van der Waals surface area contributed by atoms with Crippen LogP contribution in [0.4, 0.5) is 0 Å². The Morgan fingerprint density at radius 3 is 1.78 bits per heavy atom. The van der Waals surface area contributed by atoms with E-state index in [0.717, 1.165) is 17.8 Å². The average Bonchev–Trinajstić information content (AvgIpc) is 3.07. The standard InChI is InChI=1S/C36H54/c1-11-12-13-20-36(31-21-25(4)14-17-28(31)24(2)3)32-22-26(34(5,6)7)15-18-29(32)30-19-16-27(23-33(30)36)35(8,9)10/h15-16,18-19,22-25,28,31H,11-14,17,20-21H2,1-10H3. The van der Waals surface area contributed by atoms with Gasteiger partial charge in [0.05, 0.1) is 0 Å². The maximum absolute atomic E-state index is 2.66. The number of hydrogen-bond acceptors (Lipinski definition) is 0. The molecule has 0 N–H and O–H groups in total. The monoisotopic (exact) mass is 486 g/mol. The summed E-state index contributed by atoms with van der Waals surface area (Å²) in [5.41, 5.74) is 9.82. The lowest BCUT2D eigenvalue weighted by atomic mass is 9.54. The molecular weight excluding hydrogens is 432 g/mol. The number of unbranched alkanes of at least 4 members (excludes halogenated alkanes) is 2. The van der Waals surface area contributed by atoms with Gasteiger partial charge in [-0.05, 0) is 87.1 Å². The molecule has 0 spiro atoms. The average molecular weight is 487 g/mol. The number of benzene rings is 2. The van der Waals surface area contributed by atoms with Crippen molar-refractivity contribution in [3.05, 3.63) is 58.7 Å². The Bertz CT molecular complexity index is 991. The zero-order valence-corrected chi connectivity index (χ0v) is 25.2. The Morgan fingerprint density at radius 2 is 1.33 bits per heavy atom. The first-order chi connectivity index (χ1) is 16.8. The minimum atomic E-state index is 0.131. The number of hydrogen-bond donors (Lipinski definition) is 0. The van der Waals surface area contributed by atoms with Crippen molar-refractivity contribution < 1.29 is 0 Å². The van der Waals surface area contributed by atoms with Gasteiger partial charge in [0.25, 0.3) is 0 Å². The summed E-state index contributed by atoms with van der Waals surface area (Å²) < 4.78 is 0. The summed E-state index contributed by atoms with van der Waals surface area (Å²) in [5, 5.41) is 0. The van der Waals surface area contributed by atoms with E-state index in [2.05, 4.69) is 106 Å². The molecule has 198 valence electrons. The van der Waals surface area contributed by atoms with Crippen LogP contribution in [0.5, 0.6) is 0 Å². The second-order valence-corrected chi connectivity index (χ2v) is 14.9. The van der Waals surface area contributed by atoms with Crippen molar-refractivity contribution in [1.29, 1.82) is 0 Å². The number of rotatable bonds is 6. The van der Waals surface area contributed by atoms with E-state index >= 15 is 0 Å². The van der Waals surface area contributed by atoms with Gasteiger partial charge in [-0.25, -0.2) is 0 Å². The third-order valence-corrected chi connectivity index (χ3v) is 9.85. The van der Waals surface area contributed by atoms with Gasteiger partial charge in [-0.15, -0.1) is 0 Å². The van der Waals surface area contributed by atoms with Crippen LogP contribution in [-0.2, 0) is 16.2 Å². The molecule has 3 atom stereocenters. The van der Waals surface area contributed by atoms with Crippen LogP contribution in [0, 0.1) is 23.7 Å². The van der Waals surface area contributed by atoms with Crippen LogP contribution in [0.1, 0.15) is 136 Å². The molecule has 36 heavy (non-hydrogen) atoms. The highest BCUT2D eigenvalue weighted by atomic mass is 14.6. The Hall–Kier alpha value is -1.56. The molecule has 2 aliphatic carbocycles. The highest BCUT2D eigenvalue weighted by molar-refractivity contribution is 5.82. The lowest BCUT2D eigenvalue weighted by Gasteiger charge is -2.49. The SMILES string of the molecule is CCCCCC1(C2CC(C)CCC2C(C)C)c2cc(C(C)(C)C)ccc2-c2ccc(C(C)(C)C)cc21. The third-order valence-electron chi connectivity index (χ3n) is 9.85. The minimum absolute atomic E-state index is 0.131. The molecule has 1 saturated carbocycles. The fourth-order valence-electron chi connectivity index (χ4n) is 7.65. The smallest absolute Gasteiger partial charge is 0.0246 e. The van der Waals surface area contributed by atoms with E-state index in [0.29, 0.717) is 5.92 Å². The molecule has 0 heteroatoms. The molecule has 0 nitrogen and oxygen atoms in total. The van der Waals surface area contributed by atoms with Crippen molar-refractivity contribution in [1.82, 2.24) is 0 Å². The summed E-state index contributed by atoms with van der Waals surface area (Å²) in [6, 6.07) is 15.1. The maximum atomic E-state index is 2.66. The fraction of sp³-hybridized carbons (Fsp3) is 0.667. The van der Waals surface area contributed by atoms with Gasteiger partial charge in [-0.3, -0.25) is 0 Å². The Kier molecular flexibility index (Phi) is 7.60. The molecular formula is C36H54. The van der Waals surface area contributed by atoms with E-state index in [9.17, 15) is 0 Å². The second-order valence-electron chi connectivity index (χ2n) is 14.9. The van der Waals surface area contributed by atoms with E-state index in [-0.39, 0.29) is 16.2 Å². The van der Waals surface area contributed by atoms with Crippen LogP contribution < -0.4 is 0 Å². The molecule has 2 aromatic rings. The first-order valence-electron chi connectivity index (χ1n) is 15.1.